The van der Waals surface area contributed by atoms with Crippen molar-refractivity contribution in [1.82, 2.24) is 0 Å². The Kier molecular flexibility index (Phi) is 4.43. The number of halogens is 1. The second-order valence-corrected chi connectivity index (χ2v) is 6.96. The molecule has 2 aromatic rings. The Morgan fingerprint density at radius 3 is 2.26 bits per heavy atom. The first-order chi connectivity index (χ1) is 8.94. The van der Waals surface area contributed by atoms with Gasteiger partial charge in [0.2, 0.25) is 0 Å². The van der Waals surface area contributed by atoms with Crippen molar-refractivity contribution in [3.8, 4) is 0 Å². The molecule has 0 aromatic heterocycles. The number of rotatable bonds is 3. The third kappa shape index (κ3) is 4.48. The van der Waals surface area contributed by atoms with E-state index in [0.29, 0.717) is 0 Å². The summed E-state index contributed by atoms with van der Waals surface area (Å²) >= 11 is 8.03. The molecule has 0 amide bonds. The van der Waals surface area contributed by atoms with Gasteiger partial charge in [-0.1, -0.05) is 41.6 Å². The van der Waals surface area contributed by atoms with Crippen LogP contribution in [0.25, 0.3) is 0 Å². The summed E-state index contributed by atoms with van der Waals surface area (Å²) in [5, 5.41) is 4.20. The van der Waals surface area contributed by atoms with E-state index in [9.17, 15) is 0 Å². The van der Waals surface area contributed by atoms with E-state index in [1.807, 2.05) is 24.3 Å². The molecule has 1 N–H and O–H groups in total. The van der Waals surface area contributed by atoms with Crippen LogP contribution in [0, 0.1) is 0 Å². The first-order valence-corrected chi connectivity index (χ1v) is 7.44. The largest absolute Gasteiger partial charge is 0.380 e. The van der Waals surface area contributed by atoms with E-state index < -0.39 is 0 Å². The third-order valence-corrected chi connectivity index (χ3v) is 3.93. The lowest BCUT2D eigenvalue weighted by Crippen LogP contribution is -2.25. The van der Waals surface area contributed by atoms with Gasteiger partial charge in [-0.15, -0.1) is 0 Å². The predicted molar refractivity (Wildman–Crippen MR) is 85.4 cm³/mol. The van der Waals surface area contributed by atoms with Crippen molar-refractivity contribution in [1.29, 1.82) is 0 Å². The molecule has 0 heterocycles. The Morgan fingerprint density at radius 2 is 1.68 bits per heavy atom. The molecule has 0 spiro atoms. The molecule has 2 aromatic carbocycles. The second-order valence-electron chi connectivity index (χ2n) is 5.44. The van der Waals surface area contributed by atoms with Gasteiger partial charge in [0.25, 0.3) is 0 Å². The average Bonchev–Trinajstić information content (AvgIpc) is 2.32. The van der Waals surface area contributed by atoms with Crippen LogP contribution in [0.15, 0.2) is 58.3 Å². The zero-order valence-electron chi connectivity index (χ0n) is 11.4. The van der Waals surface area contributed by atoms with Gasteiger partial charge in [0, 0.05) is 21.0 Å². The van der Waals surface area contributed by atoms with Gasteiger partial charge in [-0.3, -0.25) is 0 Å². The normalized spacial score (nSPS) is 11.4. The Balaban J connectivity index is 2.16. The monoisotopic (exact) mass is 291 g/mol. The van der Waals surface area contributed by atoms with E-state index in [2.05, 4.69) is 50.4 Å². The Morgan fingerprint density at radius 1 is 1.00 bits per heavy atom. The van der Waals surface area contributed by atoms with Gasteiger partial charge in [-0.05, 0) is 51.1 Å². The molecule has 1 nitrogen and oxygen atoms in total. The van der Waals surface area contributed by atoms with Crippen molar-refractivity contribution in [2.24, 2.45) is 0 Å². The fourth-order valence-corrected chi connectivity index (χ4v) is 2.85. The Hall–Kier alpha value is -1.12. The van der Waals surface area contributed by atoms with E-state index in [0.717, 1.165) is 15.6 Å². The van der Waals surface area contributed by atoms with Gasteiger partial charge in [0.1, 0.15) is 0 Å². The lowest BCUT2D eigenvalue weighted by molar-refractivity contribution is 0.634. The molecule has 0 unspecified atom stereocenters. The standard InChI is InChI=1S/C16H18ClNS/c1-16(2,3)18-12-9-10-15(14(17)11-12)19-13-7-5-4-6-8-13/h4-11,18H,1-3H3. The maximum atomic E-state index is 6.35. The van der Waals surface area contributed by atoms with Crippen LogP contribution >= 0.6 is 23.4 Å². The molecule has 100 valence electrons. The fourth-order valence-electron chi connectivity index (χ4n) is 1.71. The van der Waals surface area contributed by atoms with Crippen LogP contribution in [-0.2, 0) is 0 Å². The number of hydrogen-bond donors (Lipinski definition) is 1. The predicted octanol–water partition coefficient (Wildman–Crippen LogP) is 5.70. The molecule has 0 atom stereocenters. The number of nitrogens with one attached hydrogen (secondary N) is 1. The number of benzene rings is 2. The van der Waals surface area contributed by atoms with Crippen molar-refractivity contribution < 1.29 is 0 Å². The van der Waals surface area contributed by atoms with Crippen molar-refractivity contribution in [2.45, 2.75) is 36.1 Å². The van der Waals surface area contributed by atoms with Crippen molar-refractivity contribution >= 4 is 29.1 Å². The minimum Gasteiger partial charge on any atom is -0.380 e. The maximum absolute atomic E-state index is 6.35. The summed E-state index contributed by atoms with van der Waals surface area (Å²) in [6, 6.07) is 16.4. The molecule has 0 bridgehead atoms. The summed E-state index contributed by atoms with van der Waals surface area (Å²) < 4.78 is 0. The zero-order valence-corrected chi connectivity index (χ0v) is 13.0. The Bertz CT molecular complexity index is 546. The van der Waals surface area contributed by atoms with Crippen LogP contribution in [0.2, 0.25) is 5.02 Å². The highest BCUT2D eigenvalue weighted by molar-refractivity contribution is 7.99. The van der Waals surface area contributed by atoms with Gasteiger partial charge in [-0.2, -0.15) is 0 Å². The minimum absolute atomic E-state index is 0.0391. The molecular weight excluding hydrogens is 274 g/mol. The van der Waals surface area contributed by atoms with Crippen LogP contribution in [0.3, 0.4) is 0 Å². The average molecular weight is 292 g/mol. The zero-order chi connectivity index (χ0) is 13.9. The lowest BCUT2D eigenvalue weighted by Gasteiger charge is -2.22. The van der Waals surface area contributed by atoms with E-state index >= 15 is 0 Å². The molecule has 0 radical (unpaired) electrons. The van der Waals surface area contributed by atoms with Crippen LogP contribution in [0.5, 0.6) is 0 Å². The molecule has 0 aliphatic rings. The summed E-state index contributed by atoms with van der Waals surface area (Å²) in [5.41, 5.74) is 1.09. The van der Waals surface area contributed by atoms with Gasteiger partial charge < -0.3 is 5.32 Å². The summed E-state index contributed by atoms with van der Waals surface area (Å²) in [7, 11) is 0. The molecule has 2 rings (SSSR count). The quantitative estimate of drug-likeness (QED) is 0.778. The van der Waals surface area contributed by atoms with E-state index in [1.54, 1.807) is 11.8 Å². The van der Waals surface area contributed by atoms with Gasteiger partial charge >= 0.3 is 0 Å². The molecule has 0 aliphatic carbocycles. The molecule has 0 saturated carbocycles. The van der Waals surface area contributed by atoms with Gasteiger partial charge in [0.15, 0.2) is 0 Å². The maximum Gasteiger partial charge on any atom is 0.0566 e. The lowest BCUT2D eigenvalue weighted by atomic mass is 10.1. The highest BCUT2D eigenvalue weighted by atomic mass is 35.5. The van der Waals surface area contributed by atoms with Crippen LogP contribution in [0.1, 0.15) is 20.8 Å². The highest BCUT2D eigenvalue weighted by Gasteiger charge is 2.10. The van der Waals surface area contributed by atoms with Crippen molar-refractivity contribution in [3.63, 3.8) is 0 Å². The summed E-state index contributed by atoms with van der Waals surface area (Å²) in [6.45, 7) is 6.40. The smallest absolute Gasteiger partial charge is 0.0566 e. The molecular formula is C16H18ClNS. The third-order valence-electron chi connectivity index (χ3n) is 2.42. The van der Waals surface area contributed by atoms with E-state index in [4.69, 9.17) is 11.6 Å². The topological polar surface area (TPSA) is 12.0 Å². The van der Waals surface area contributed by atoms with Crippen molar-refractivity contribution in [2.75, 3.05) is 5.32 Å². The van der Waals surface area contributed by atoms with E-state index in [-0.39, 0.29) is 5.54 Å². The minimum atomic E-state index is 0.0391. The molecule has 0 fully saturated rings. The van der Waals surface area contributed by atoms with Crippen LogP contribution < -0.4 is 5.32 Å². The Labute approximate surface area is 124 Å². The summed E-state index contributed by atoms with van der Waals surface area (Å²) in [5.74, 6) is 0. The summed E-state index contributed by atoms with van der Waals surface area (Å²) in [4.78, 5) is 2.27. The van der Waals surface area contributed by atoms with Crippen LogP contribution in [-0.4, -0.2) is 5.54 Å². The SMILES string of the molecule is CC(C)(C)Nc1ccc(Sc2ccccc2)c(Cl)c1. The van der Waals surface area contributed by atoms with Gasteiger partial charge in [-0.25, -0.2) is 0 Å². The number of anilines is 1. The second kappa shape index (κ2) is 5.89. The van der Waals surface area contributed by atoms with Crippen molar-refractivity contribution in [3.05, 3.63) is 53.6 Å². The molecule has 0 aliphatic heterocycles. The summed E-state index contributed by atoms with van der Waals surface area (Å²) in [6.07, 6.45) is 0. The number of hydrogen-bond acceptors (Lipinski definition) is 2. The van der Waals surface area contributed by atoms with Crippen LogP contribution in [0.4, 0.5) is 5.69 Å². The van der Waals surface area contributed by atoms with Gasteiger partial charge in [0.05, 0.1) is 5.02 Å². The first-order valence-electron chi connectivity index (χ1n) is 6.25. The van der Waals surface area contributed by atoms with E-state index in [1.165, 1.54) is 4.90 Å². The molecule has 3 heteroatoms. The highest BCUT2D eigenvalue weighted by Crippen LogP contribution is 2.35. The fraction of sp³-hybridized carbons (Fsp3) is 0.250. The molecule has 19 heavy (non-hydrogen) atoms. The molecule has 0 saturated heterocycles. The first kappa shape index (κ1) is 14.3.